The Labute approximate surface area is 151 Å². The first kappa shape index (κ1) is 15.0. The molecule has 5 nitrogen and oxygen atoms in total. The summed E-state index contributed by atoms with van der Waals surface area (Å²) in [4.78, 5) is 20.7. The molecule has 0 N–H and O–H groups in total. The van der Waals surface area contributed by atoms with Crippen LogP contribution in [0.15, 0.2) is 67.1 Å². The zero-order valence-corrected chi connectivity index (χ0v) is 14.2. The molecule has 4 aromatic rings. The minimum absolute atomic E-state index is 0.707. The minimum Gasteiger partial charge on any atom is -0.350 e. The Morgan fingerprint density at radius 2 is 1.81 bits per heavy atom. The Bertz CT molecular complexity index is 1080. The molecule has 0 aliphatic carbocycles. The van der Waals surface area contributed by atoms with Gasteiger partial charge in [0, 0.05) is 36.1 Å². The van der Waals surface area contributed by atoms with Crippen LogP contribution in [0.5, 0.6) is 0 Å². The van der Waals surface area contributed by atoms with Gasteiger partial charge in [-0.15, -0.1) is 0 Å². The number of fused-ring (bicyclic) bond motifs is 2. The van der Waals surface area contributed by atoms with Gasteiger partial charge in [-0.3, -0.25) is 9.97 Å². The molecule has 0 amide bonds. The van der Waals surface area contributed by atoms with Crippen molar-refractivity contribution in [3.05, 3.63) is 78.4 Å². The molecule has 5 rings (SSSR count). The van der Waals surface area contributed by atoms with Crippen LogP contribution in [-0.4, -0.2) is 26.5 Å². The number of para-hydroxylation sites is 1. The van der Waals surface area contributed by atoms with Gasteiger partial charge < -0.3 is 4.90 Å². The second kappa shape index (κ2) is 6.19. The maximum Gasteiger partial charge on any atom is 0.163 e. The van der Waals surface area contributed by atoms with Crippen LogP contribution in [0.25, 0.3) is 22.3 Å². The topological polar surface area (TPSA) is 54.8 Å². The van der Waals surface area contributed by atoms with Crippen molar-refractivity contribution in [1.29, 1.82) is 0 Å². The first-order valence-corrected chi connectivity index (χ1v) is 8.73. The van der Waals surface area contributed by atoms with Crippen LogP contribution in [0.3, 0.4) is 0 Å². The normalized spacial score (nSPS) is 13.6. The first-order valence-electron chi connectivity index (χ1n) is 8.73. The number of nitrogens with zero attached hydrogens (tertiary/aromatic N) is 5. The summed E-state index contributed by atoms with van der Waals surface area (Å²) < 4.78 is 0. The smallest absolute Gasteiger partial charge is 0.163 e. The molecule has 0 radical (unpaired) electrons. The van der Waals surface area contributed by atoms with Gasteiger partial charge in [0.1, 0.15) is 5.82 Å². The van der Waals surface area contributed by atoms with E-state index in [9.17, 15) is 0 Å². The van der Waals surface area contributed by atoms with Gasteiger partial charge >= 0.3 is 0 Å². The number of rotatable bonds is 2. The molecule has 0 saturated heterocycles. The van der Waals surface area contributed by atoms with Gasteiger partial charge in [0.2, 0.25) is 0 Å². The van der Waals surface area contributed by atoms with Crippen molar-refractivity contribution < 1.29 is 0 Å². The van der Waals surface area contributed by atoms with Crippen molar-refractivity contribution in [2.45, 2.75) is 13.0 Å². The molecule has 4 heterocycles. The number of benzene rings is 1. The Hall–Kier alpha value is -3.34. The van der Waals surface area contributed by atoms with E-state index in [2.05, 4.69) is 27.0 Å². The second-order valence-electron chi connectivity index (χ2n) is 6.41. The Kier molecular flexibility index (Phi) is 3.56. The third-order valence-electron chi connectivity index (χ3n) is 4.78. The molecule has 26 heavy (non-hydrogen) atoms. The average molecular weight is 339 g/mol. The van der Waals surface area contributed by atoms with E-state index < -0.39 is 0 Å². The maximum atomic E-state index is 4.91. The molecule has 1 aromatic carbocycles. The van der Waals surface area contributed by atoms with Gasteiger partial charge in [0.25, 0.3) is 0 Å². The predicted octanol–water partition coefficient (Wildman–Crippen LogP) is 3.65. The third kappa shape index (κ3) is 2.58. The van der Waals surface area contributed by atoms with Crippen molar-refractivity contribution in [1.82, 2.24) is 19.9 Å². The molecule has 0 spiro atoms. The summed E-state index contributed by atoms with van der Waals surface area (Å²) >= 11 is 0. The van der Waals surface area contributed by atoms with E-state index in [0.717, 1.165) is 47.5 Å². The summed E-state index contributed by atoms with van der Waals surface area (Å²) in [7, 11) is 0. The summed E-state index contributed by atoms with van der Waals surface area (Å²) in [6, 6.07) is 16.3. The standard InChI is InChI=1S/C21H17N5/c1-2-8-18-17(7-1)21(25-20(24-18)16-6-3-10-22-13-16)26-12-9-15-5-4-11-23-19(15)14-26/h1-8,10-11,13H,9,12,14H2. The summed E-state index contributed by atoms with van der Waals surface area (Å²) in [5, 5.41) is 1.07. The minimum atomic E-state index is 0.707. The van der Waals surface area contributed by atoms with Crippen molar-refractivity contribution in [3.8, 4) is 11.4 Å². The van der Waals surface area contributed by atoms with E-state index in [1.807, 2.05) is 42.6 Å². The van der Waals surface area contributed by atoms with Crippen LogP contribution in [0.1, 0.15) is 11.3 Å². The second-order valence-corrected chi connectivity index (χ2v) is 6.41. The Morgan fingerprint density at radius 3 is 2.73 bits per heavy atom. The van der Waals surface area contributed by atoms with Gasteiger partial charge in [-0.05, 0) is 42.3 Å². The van der Waals surface area contributed by atoms with Crippen molar-refractivity contribution in [2.24, 2.45) is 0 Å². The largest absolute Gasteiger partial charge is 0.350 e. The van der Waals surface area contributed by atoms with Gasteiger partial charge in [-0.1, -0.05) is 18.2 Å². The quantitative estimate of drug-likeness (QED) is 0.558. The van der Waals surface area contributed by atoms with Gasteiger partial charge in [0.15, 0.2) is 5.82 Å². The van der Waals surface area contributed by atoms with Gasteiger partial charge in [0.05, 0.1) is 17.8 Å². The number of hydrogen-bond donors (Lipinski definition) is 0. The lowest BCUT2D eigenvalue weighted by Crippen LogP contribution is -2.32. The van der Waals surface area contributed by atoms with E-state index >= 15 is 0 Å². The number of aromatic nitrogens is 4. The van der Waals surface area contributed by atoms with Crippen LogP contribution in [0.2, 0.25) is 0 Å². The number of anilines is 1. The molecule has 0 saturated carbocycles. The molecular formula is C21H17N5. The molecular weight excluding hydrogens is 322 g/mol. The van der Waals surface area contributed by atoms with Gasteiger partial charge in [-0.25, -0.2) is 9.97 Å². The number of pyridine rings is 2. The Morgan fingerprint density at radius 1 is 0.885 bits per heavy atom. The maximum absolute atomic E-state index is 4.91. The highest BCUT2D eigenvalue weighted by Crippen LogP contribution is 2.30. The first-order chi connectivity index (χ1) is 12.9. The summed E-state index contributed by atoms with van der Waals surface area (Å²) in [5.41, 5.74) is 4.33. The highest BCUT2D eigenvalue weighted by molar-refractivity contribution is 5.91. The van der Waals surface area contributed by atoms with Crippen molar-refractivity contribution >= 4 is 16.7 Å². The highest BCUT2D eigenvalue weighted by atomic mass is 15.2. The van der Waals surface area contributed by atoms with Crippen molar-refractivity contribution in [3.63, 3.8) is 0 Å². The predicted molar refractivity (Wildman–Crippen MR) is 102 cm³/mol. The summed E-state index contributed by atoms with van der Waals surface area (Å²) in [6.07, 6.45) is 6.41. The molecule has 1 aliphatic heterocycles. The zero-order valence-electron chi connectivity index (χ0n) is 14.2. The third-order valence-corrected chi connectivity index (χ3v) is 4.78. The van der Waals surface area contributed by atoms with Crippen LogP contribution < -0.4 is 4.90 Å². The molecule has 3 aromatic heterocycles. The molecule has 0 bridgehead atoms. The molecule has 1 aliphatic rings. The Balaban J connectivity index is 1.65. The van der Waals surface area contributed by atoms with E-state index in [4.69, 9.17) is 9.97 Å². The highest BCUT2D eigenvalue weighted by Gasteiger charge is 2.21. The lowest BCUT2D eigenvalue weighted by molar-refractivity contribution is 0.703. The van der Waals surface area contributed by atoms with E-state index in [1.54, 1.807) is 12.4 Å². The lowest BCUT2D eigenvalue weighted by Gasteiger charge is -2.30. The van der Waals surface area contributed by atoms with Crippen LogP contribution >= 0.6 is 0 Å². The average Bonchev–Trinajstić information content (AvgIpc) is 2.73. The molecule has 0 fully saturated rings. The lowest BCUT2D eigenvalue weighted by atomic mass is 10.0. The van der Waals surface area contributed by atoms with Crippen molar-refractivity contribution in [2.75, 3.05) is 11.4 Å². The SMILES string of the molecule is c1cncc(-c2nc(N3CCc4cccnc4C3)c3ccccc3n2)c1. The van der Waals surface area contributed by atoms with E-state index in [-0.39, 0.29) is 0 Å². The van der Waals surface area contributed by atoms with Crippen LogP contribution in [0.4, 0.5) is 5.82 Å². The molecule has 5 heteroatoms. The van der Waals surface area contributed by atoms with E-state index in [1.165, 1.54) is 5.56 Å². The fraction of sp³-hybridized carbons (Fsp3) is 0.143. The molecule has 0 atom stereocenters. The fourth-order valence-corrected chi connectivity index (χ4v) is 3.46. The van der Waals surface area contributed by atoms with E-state index in [0.29, 0.717) is 5.82 Å². The zero-order chi connectivity index (χ0) is 17.3. The number of hydrogen-bond acceptors (Lipinski definition) is 5. The summed E-state index contributed by atoms with van der Waals surface area (Å²) in [6.45, 7) is 1.69. The van der Waals surface area contributed by atoms with Crippen LogP contribution in [0, 0.1) is 0 Å². The molecule has 126 valence electrons. The van der Waals surface area contributed by atoms with Crippen LogP contribution in [-0.2, 0) is 13.0 Å². The van der Waals surface area contributed by atoms with Gasteiger partial charge in [-0.2, -0.15) is 0 Å². The fourth-order valence-electron chi connectivity index (χ4n) is 3.46. The summed E-state index contributed by atoms with van der Waals surface area (Å²) in [5.74, 6) is 1.67. The molecule has 0 unspecified atom stereocenters. The monoisotopic (exact) mass is 339 g/mol.